The zero-order valence-electron chi connectivity index (χ0n) is 11.8. The molecule has 2 atom stereocenters. The number of aromatic nitrogens is 1. The summed E-state index contributed by atoms with van der Waals surface area (Å²) < 4.78 is 5.42. The molecule has 0 aliphatic carbocycles. The number of hydrogen-bond acceptors (Lipinski definition) is 4. The molecule has 1 aliphatic rings. The molecule has 2 heterocycles. The van der Waals surface area contributed by atoms with E-state index < -0.39 is 0 Å². The minimum absolute atomic E-state index is 0.0242. The van der Waals surface area contributed by atoms with Gasteiger partial charge < -0.3 is 15.1 Å². The van der Waals surface area contributed by atoms with Gasteiger partial charge in [-0.15, -0.1) is 0 Å². The van der Waals surface area contributed by atoms with Crippen LogP contribution in [-0.4, -0.2) is 23.5 Å². The minimum Gasteiger partial charge on any atom is -0.441 e. The monoisotopic (exact) mass is 273 g/mol. The van der Waals surface area contributed by atoms with Crippen molar-refractivity contribution in [3.8, 4) is 0 Å². The fraction of sp³-hybridized carbons (Fsp3) is 0.467. The van der Waals surface area contributed by atoms with Crippen LogP contribution in [0.5, 0.6) is 0 Å². The maximum absolute atomic E-state index is 12.2. The summed E-state index contributed by atoms with van der Waals surface area (Å²) in [5.74, 6) is 1.25. The molecule has 0 radical (unpaired) electrons. The SMILES string of the molecule is Cc1nc2cc(NC(=O)C3CC(C)CCN3)ccc2o1. The van der Waals surface area contributed by atoms with Crippen molar-refractivity contribution >= 4 is 22.7 Å². The Morgan fingerprint density at radius 2 is 2.35 bits per heavy atom. The number of fused-ring (bicyclic) bond motifs is 1. The van der Waals surface area contributed by atoms with E-state index in [0.717, 1.165) is 36.2 Å². The number of aryl methyl sites for hydroxylation is 1. The Labute approximate surface area is 117 Å². The molecule has 1 aromatic heterocycles. The Bertz CT molecular complexity index is 635. The first-order valence-corrected chi connectivity index (χ1v) is 7.03. The number of anilines is 1. The highest BCUT2D eigenvalue weighted by atomic mass is 16.3. The number of carbonyl (C=O) groups is 1. The number of oxazole rings is 1. The van der Waals surface area contributed by atoms with Gasteiger partial charge in [0.2, 0.25) is 5.91 Å². The van der Waals surface area contributed by atoms with Crippen LogP contribution in [0.2, 0.25) is 0 Å². The van der Waals surface area contributed by atoms with Gasteiger partial charge in [0.05, 0.1) is 6.04 Å². The van der Waals surface area contributed by atoms with Crippen LogP contribution in [0.15, 0.2) is 22.6 Å². The number of nitrogens with one attached hydrogen (secondary N) is 2. The van der Waals surface area contributed by atoms with Crippen molar-refractivity contribution in [1.82, 2.24) is 10.3 Å². The van der Waals surface area contributed by atoms with Gasteiger partial charge in [-0.05, 0) is 43.5 Å². The van der Waals surface area contributed by atoms with E-state index in [0.29, 0.717) is 11.8 Å². The lowest BCUT2D eigenvalue weighted by atomic mass is 9.94. The molecular weight excluding hydrogens is 254 g/mol. The van der Waals surface area contributed by atoms with Gasteiger partial charge in [-0.2, -0.15) is 0 Å². The molecule has 1 amide bonds. The van der Waals surface area contributed by atoms with Crippen LogP contribution in [0.1, 0.15) is 25.7 Å². The van der Waals surface area contributed by atoms with Gasteiger partial charge >= 0.3 is 0 Å². The first kappa shape index (κ1) is 13.1. The number of nitrogens with zero attached hydrogens (tertiary/aromatic N) is 1. The van der Waals surface area contributed by atoms with Crippen LogP contribution in [-0.2, 0) is 4.79 Å². The lowest BCUT2D eigenvalue weighted by Gasteiger charge is -2.27. The van der Waals surface area contributed by atoms with Gasteiger partial charge in [0.15, 0.2) is 11.5 Å². The summed E-state index contributed by atoms with van der Waals surface area (Å²) >= 11 is 0. The fourth-order valence-electron chi connectivity index (χ4n) is 2.66. The predicted octanol–water partition coefficient (Wildman–Crippen LogP) is 2.46. The second-order valence-corrected chi connectivity index (χ2v) is 5.54. The lowest BCUT2D eigenvalue weighted by Crippen LogP contribution is -2.45. The number of amides is 1. The third-order valence-electron chi connectivity index (χ3n) is 3.74. The largest absolute Gasteiger partial charge is 0.441 e. The summed E-state index contributed by atoms with van der Waals surface area (Å²) in [6, 6.07) is 5.42. The maximum Gasteiger partial charge on any atom is 0.241 e. The molecule has 3 rings (SSSR count). The molecule has 0 bridgehead atoms. The minimum atomic E-state index is -0.103. The van der Waals surface area contributed by atoms with E-state index in [2.05, 4.69) is 22.5 Å². The third kappa shape index (κ3) is 2.67. The van der Waals surface area contributed by atoms with E-state index in [-0.39, 0.29) is 11.9 Å². The standard InChI is InChI=1S/C15H19N3O2/c1-9-5-6-16-13(7-9)15(19)18-11-3-4-14-12(8-11)17-10(2)20-14/h3-4,8-9,13,16H,5-7H2,1-2H3,(H,18,19). The second kappa shape index (κ2) is 5.25. The van der Waals surface area contributed by atoms with E-state index in [4.69, 9.17) is 4.42 Å². The molecule has 5 heteroatoms. The summed E-state index contributed by atoms with van der Waals surface area (Å²) in [6.07, 6.45) is 2.02. The highest BCUT2D eigenvalue weighted by Crippen LogP contribution is 2.21. The Hall–Kier alpha value is -1.88. The third-order valence-corrected chi connectivity index (χ3v) is 3.74. The Balaban J connectivity index is 1.73. The van der Waals surface area contributed by atoms with Crippen molar-refractivity contribution < 1.29 is 9.21 Å². The molecule has 1 aromatic carbocycles. The van der Waals surface area contributed by atoms with Crippen molar-refractivity contribution in [1.29, 1.82) is 0 Å². The number of rotatable bonds is 2. The molecule has 1 saturated heterocycles. The molecule has 1 fully saturated rings. The van der Waals surface area contributed by atoms with E-state index in [1.807, 2.05) is 25.1 Å². The number of piperidine rings is 1. The van der Waals surface area contributed by atoms with Gasteiger partial charge in [-0.1, -0.05) is 6.92 Å². The summed E-state index contributed by atoms with van der Waals surface area (Å²) in [5.41, 5.74) is 2.27. The predicted molar refractivity (Wildman–Crippen MR) is 77.6 cm³/mol. The van der Waals surface area contributed by atoms with Crippen LogP contribution in [0.25, 0.3) is 11.1 Å². The zero-order valence-corrected chi connectivity index (χ0v) is 11.8. The summed E-state index contributed by atoms with van der Waals surface area (Å²) in [6.45, 7) is 4.90. The van der Waals surface area contributed by atoms with Crippen LogP contribution < -0.4 is 10.6 Å². The normalized spacial score (nSPS) is 22.9. The second-order valence-electron chi connectivity index (χ2n) is 5.54. The molecular formula is C15H19N3O2. The van der Waals surface area contributed by atoms with E-state index in [9.17, 15) is 4.79 Å². The molecule has 2 unspecified atom stereocenters. The smallest absolute Gasteiger partial charge is 0.241 e. The number of carbonyl (C=O) groups excluding carboxylic acids is 1. The quantitative estimate of drug-likeness (QED) is 0.882. The van der Waals surface area contributed by atoms with Crippen molar-refractivity contribution in [2.75, 3.05) is 11.9 Å². The van der Waals surface area contributed by atoms with Crippen molar-refractivity contribution in [2.24, 2.45) is 5.92 Å². The Morgan fingerprint density at radius 1 is 1.50 bits per heavy atom. The fourth-order valence-corrected chi connectivity index (χ4v) is 2.66. The summed E-state index contributed by atoms with van der Waals surface area (Å²) in [7, 11) is 0. The van der Waals surface area contributed by atoms with Gasteiger partial charge in [-0.3, -0.25) is 4.79 Å². The van der Waals surface area contributed by atoms with Crippen LogP contribution in [0.4, 0.5) is 5.69 Å². The van der Waals surface area contributed by atoms with Crippen molar-refractivity contribution in [3.63, 3.8) is 0 Å². The number of hydrogen-bond donors (Lipinski definition) is 2. The van der Waals surface area contributed by atoms with Gasteiger partial charge in [0.1, 0.15) is 5.52 Å². The average Bonchev–Trinajstić information content (AvgIpc) is 2.78. The molecule has 2 N–H and O–H groups in total. The lowest BCUT2D eigenvalue weighted by molar-refractivity contribution is -0.119. The molecule has 2 aromatic rings. The van der Waals surface area contributed by atoms with E-state index in [1.165, 1.54) is 0 Å². The molecule has 0 saturated carbocycles. The Kier molecular flexibility index (Phi) is 3.44. The van der Waals surface area contributed by atoms with Crippen LogP contribution in [0, 0.1) is 12.8 Å². The van der Waals surface area contributed by atoms with E-state index >= 15 is 0 Å². The molecule has 5 nitrogen and oxygen atoms in total. The molecule has 106 valence electrons. The summed E-state index contributed by atoms with van der Waals surface area (Å²) in [4.78, 5) is 16.5. The van der Waals surface area contributed by atoms with Gasteiger partial charge in [-0.25, -0.2) is 4.98 Å². The average molecular weight is 273 g/mol. The van der Waals surface area contributed by atoms with Gasteiger partial charge in [0, 0.05) is 12.6 Å². The topological polar surface area (TPSA) is 67.2 Å². The Morgan fingerprint density at radius 3 is 3.15 bits per heavy atom. The first-order chi connectivity index (χ1) is 9.61. The summed E-state index contributed by atoms with van der Waals surface area (Å²) in [5, 5.41) is 6.22. The molecule has 0 spiro atoms. The highest BCUT2D eigenvalue weighted by Gasteiger charge is 2.24. The van der Waals surface area contributed by atoms with Crippen LogP contribution in [0.3, 0.4) is 0 Å². The van der Waals surface area contributed by atoms with Crippen molar-refractivity contribution in [2.45, 2.75) is 32.7 Å². The van der Waals surface area contributed by atoms with Gasteiger partial charge in [0.25, 0.3) is 0 Å². The molecule has 20 heavy (non-hydrogen) atoms. The molecule has 1 aliphatic heterocycles. The van der Waals surface area contributed by atoms with Crippen LogP contribution >= 0.6 is 0 Å². The number of benzene rings is 1. The van der Waals surface area contributed by atoms with Crippen molar-refractivity contribution in [3.05, 3.63) is 24.1 Å². The zero-order chi connectivity index (χ0) is 14.1. The van der Waals surface area contributed by atoms with E-state index in [1.54, 1.807) is 0 Å². The highest BCUT2D eigenvalue weighted by molar-refractivity contribution is 5.96. The maximum atomic E-state index is 12.2. The first-order valence-electron chi connectivity index (χ1n) is 7.03.